The number of hydrogen-bond donors (Lipinski definition) is 0. The smallest absolute Gasteiger partial charge is 0.258 e. The zero-order valence-corrected chi connectivity index (χ0v) is 7.60. The largest absolute Gasteiger partial charge is 0.280 e. The highest BCUT2D eigenvalue weighted by Gasteiger charge is 2.11. The summed E-state index contributed by atoms with van der Waals surface area (Å²) in [4.78, 5) is 17.7. The van der Waals surface area contributed by atoms with Gasteiger partial charge in [0, 0.05) is 12.3 Å². The molecule has 0 amide bonds. The first kappa shape index (κ1) is 8.83. The van der Waals surface area contributed by atoms with Crippen molar-refractivity contribution >= 4 is 28.2 Å². The Hall–Kier alpha value is -1.75. The van der Waals surface area contributed by atoms with Gasteiger partial charge in [-0.3, -0.25) is 10.1 Å². The van der Waals surface area contributed by atoms with E-state index in [2.05, 4.69) is 9.97 Å². The average Bonchev–Trinajstić information content (AvgIpc) is 2.16. The van der Waals surface area contributed by atoms with E-state index in [0.717, 1.165) is 0 Å². The van der Waals surface area contributed by atoms with E-state index in [1.807, 2.05) is 0 Å². The molecule has 0 unspecified atom stereocenters. The van der Waals surface area contributed by atoms with Crippen LogP contribution in [0.15, 0.2) is 24.4 Å². The molecule has 2 aromatic rings. The molecule has 1 aromatic carbocycles. The molecule has 70 valence electrons. The second kappa shape index (κ2) is 3.19. The molecule has 0 aliphatic heterocycles. The SMILES string of the molecule is O=[N+]([O-])c1cccc2nc(Cl)ncc12. The van der Waals surface area contributed by atoms with Crippen LogP contribution in [0.3, 0.4) is 0 Å². The zero-order chi connectivity index (χ0) is 10.1. The zero-order valence-electron chi connectivity index (χ0n) is 6.85. The van der Waals surface area contributed by atoms with Gasteiger partial charge in [0.05, 0.1) is 15.8 Å². The van der Waals surface area contributed by atoms with Crippen molar-refractivity contribution in [2.45, 2.75) is 0 Å². The predicted octanol–water partition coefficient (Wildman–Crippen LogP) is 2.19. The van der Waals surface area contributed by atoms with E-state index in [0.29, 0.717) is 10.9 Å². The highest BCUT2D eigenvalue weighted by atomic mass is 35.5. The third-order valence-corrected chi connectivity index (χ3v) is 1.95. The Kier molecular flexibility index (Phi) is 2.01. The minimum atomic E-state index is -0.473. The van der Waals surface area contributed by atoms with Gasteiger partial charge in [-0.2, -0.15) is 0 Å². The van der Waals surface area contributed by atoms with Gasteiger partial charge in [-0.1, -0.05) is 6.07 Å². The third kappa shape index (κ3) is 1.38. The van der Waals surface area contributed by atoms with Crippen LogP contribution in [-0.2, 0) is 0 Å². The summed E-state index contributed by atoms with van der Waals surface area (Å²) in [6.07, 6.45) is 1.35. The van der Waals surface area contributed by atoms with Crippen LogP contribution < -0.4 is 0 Å². The van der Waals surface area contributed by atoms with E-state index in [1.165, 1.54) is 12.3 Å². The number of hydrogen-bond acceptors (Lipinski definition) is 4. The molecule has 14 heavy (non-hydrogen) atoms. The summed E-state index contributed by atoms with van der Waals surface area (Å²) in [5, 5.41) is 11.1. The minimum Gasteiger partial charge on any atom is -0.258 e. The second-order valence-electron chi connectivity index (χ2n) is 2.61. The third-order valence-electron chi connectivity index (χ3n) is 1.77. The molecule has 0 aliphatic rings. The molecule has 0 saturated carbocycles. The standard InChI is InChI=1S/C8H4ClN3O2/c9-8-10-4-5-6(11-8)2-1-3-7(5)12(13)14/h1-4H. The number of aromatic nitrogens is 2. The second-order valence-corrected chi connectivity index (χ2v) is 2.94. The van der Waals surface area contributed by atoms with Crippen molar-refractivity contribution in [3.63, 3.8) is 0 Å². The first-order valence-electron chi connectivity index (χ1n) is 3.74. The fourth-order valence-electron chi connectivity index (χ4n) is 1.18. The van der Waals surface area contributed by atoms with Gasteiger partial charge in [-0.05, 0) is 17.7 Å². The van der Waals surface area contributed by atoms with Crippen molar-refractivity contribution in [2.24, 2.45) is 0 Å². The number of halogens is 1. The first-order valence-corrected chi connectivity index (χ1v) is 4.12. The Balaban J connectivity index is 2.81. The lowest BCUT2D eigenvalue weighted by Gasteiger charge is -1.97. The van der Waals surface area contributed by atoms with Crippen LogP contribution in [0.1, 0.15) is 0 Å². The van der Waals surface area contributed by atoms with Crippen LogP contribution in [-0.4, -0.2) is 14.9 Å². The maximum atomic E-state index is 10.6. The maximum Gasteiger partial charge on any atom is 0.280 e. The molecule has 0 saturated heterocycles. The van der Waals surface area contributed by atoms with E-state index >= 15 is 0 Å². The van der Waals surface area contributed by atoms with E-state index in [4.69, 9.17) is 11.6 Å². The normalized spacial score (nSPS) is 10.4. The van der Waals surface area contributed by atoms with Gasteiger partial charge in [0.25, 0.3) is 5.69 Å². The Morgan fingerprint density at radius 1 is 1.43 bits per heavy atom. The van der Waals surface area contributed by atoms with Crippen molar-refractivity contribution in [3.05, 3.63) is 39.8 Å². The number of nitro benzene ring substituents is 1. The number of benzene rings is 1. The van der Waals surface area contributed by atoms with Crippen molar-refractivity contribution in [3.8, 4) is 0 Å². The Bertz CT molecular complexity index is 515. The van der Waals surface area contributed by atoms with E-state index < -0.39 is 4.92 Å². The molecule has 2 rings (SSSR count). The fourth-order valence-corrected chi connectivity index (χ4v) is 1.32. The van der Waals surface area contributed by atoms with Crippen molar-refractivity contribution in [1.29, 1.82) is 0 Å². The fraction of sp³-hybridized carbons (Fsp3) is 0. The lowest BCUT2D eigenvalue weighted by molar-refractivity contribution is -0.383. The molecule has 6 heteroatoms. The Morgan fingerprint density at radius 2 is 2.21 bits per heavy atom. The quantitative estimate of drug-likeness (QED) is 0.410. The van der Waals surface area contributed by atoms with Crippen LogP contribution >= 0.6 is 11.6 Å². The highest BCUT2D eigenvalue weighted by Crippen LogP contribution is 2.23. The molecule has 5 nitrogen and oxygen atoms in total. The van der Waals surface area contributed by atoms with Crippen molar-refractivity contribution in [2.75, 3.05) is 0 Å². The summed E-state index contributed by atoms with van der Waals surface area (Å²) >= 11 is 5.56. The Labute approximate surface area is 83.5 Å². The van der Waals surface area contributed by atoms with Crippen LogP contribution in [0.2, 0.25) is 5.28 Å². The maximum absolute atomic E-state index is 10.6. The molecule has 1 aromatic heterocycles. The molecule has 0 spiro atoms. The average molecular weight is 210 g/mol. The molecular weight excluding hydrogens is 206 g/mol. The summed E-state index contributed by atoms with van der Waals surface area (Å²) in [6.45, 7) is 0. The van der Waals surface area contributed by atoms with E-state index in [9.17, 15) is 10.1 Å². The summed E-state index contributed by atoms with van der Waals surface area (Å²) in [5.41, 5.74) is 0.457. The molecule has 0 fully saturated rings. The van der Waals surface area contributed by atoms with E-state index in [-0.39, 0.29) is 11.0 Å². The first-order chi connectivity index (χ1) is 6.68. The van der Waals surface area contributed by atoms with Crippen LogP contribution in [0.5, 0.6) is 0 Å². The highest BCUT2D eigenvalue weighted by molar-refractivity contribution is 6.28. The van der Waals surface area contributed by atoms with Gasteiger partial charge in [0.1, 0.15) is 0 Å². The van der Waals surface area contributed by atoms with Gasteiger partial charge in [-0.25, -0.2) is 9.97 Å². The van der Waals surface area contributed by atoms with Crippen LogP contribution in [0, 0.1) is 10.1 Å². The lowest BCUT2D eigenvalue weighted by Crippen LogP contribution is -1.91. The molecule has 0 aliphatic carbocycles. The summed E-state index contributed by atoms with van der Waals surface area (Å²) < 4.78 is 0. The number of non-ortho nitro benzene ring substituents is 1. The predicted molar refractivity (Wildman–Crippen MR) is 51.2 cm³/mol. The summed E-state index contributed by atoms with van der Waals surface area (Å²) in [6, 6.07) is 4.61. The number of rotatable bonds is 1. The molecular formula is C8H4ClN3O2. The molecule has 0 N–H and O–H groups in total. The number of nitrogens with zero attached hydrogens (tertiary/aromatic N) is 3. The van der Waals surface area contributed by atoms with Crippen molar-refractivity contribution in [1.82, 2.24) is 9.97 Å². The monoisotopic (exact) mass is 209 g/mol. The number of nitro groups is 1. The van der Waals surface area contributed by atoms with Crippen LogP contribution in [0.4, 0.5) is 5.69 Å². The van der Waals surface area contributed by atoms with Gasteiger partial charge < -0.3 is 0 Å². The lowest BCUT2D eigenvalue weighted by atomic mass is 10.2. The van der Waals surface area contributed by atoms with E-state index in [1.54, 1.807) is 12.1 Å². The molecule has 0 radical (unpaired) electrons. The number of fused-ring (bicyclic) bond motifs is 1. The Morgan fingerprint density at radius 3 is 2.93 bits per heavy atom. The van der Waals surface area contributed by atoms with Crippen LogP contribution in [0.25, 0.3) is 10.9 Å². The van der Waals surface area contributed by atoms with Gasteiger partial charge in [0.2, 0.25) is 5.28 Å². The van der Waals surface area contributed by atoms with Gasteiger partial charge in [-0.15, -0.1) is 0 Å². The molecule has 0 atom stereocenters. The molecule has 0 bridgehead atoms. The van der Waals surface area contributed by atoms with Gasteiger partial charge >= 0.3 is 0 Å². The van der Waals surface area contributed by atoms with Gasteiger partial charge in [0.15, 0.2) is 0 Å². The topological polar surface area (TPSA) is 68.9 Å². The van der Waals surface area contributed by atoms with Crippen molar-refractivity contribution < 1.29 is 4.92 Å². The summed E-state index contributed by atoms with van der Waals surface area (Å²) in [7, 11) is 0. The minimum absolute atomic E-state index is 0.0147. The molecule has 1 heterocycles. The summed E-state index contributed by atoms with van der Waals surface area (Å²) in [5.74, 6) is 0.